The fourth-order valence-electron chi connectivity index (χ4n) is 3.43. The number of benzene rings is 2. The maximum absolute atomic E-state index is 13.2. The number of likely N-dealkylation sites (tertiary alicyclic amines) is 1. The highest BCUT2D eigenvalue weighted by Crippen LogP contribution is 2.19. The Morgan fingerprint density at radius 2 is 1.79 bits per heavy atom. The monoisotopic (exact) mass is 417 g/mol. The predicted octanol–water partition coefficient (Wildman–Crippen LogP) is 3.49. The maximum Gasteiger partial charge on any atom is 0.313 e. The zero-order chi connectivity index (χ0) is 20.6. The summed E-state index contributed by atoms with van der Waals surface area (Å²) in [5.74, 6) is -1.70. The van der Waals surface area contributed by atoms with Crippen molar-refractivity contribution in [2.45, 2.75) is 19.3 Å². The number of nitrogens with zero attached hydrogens (tertiary/aromatic N) is 1. The van der Waals surface area contributed by atoms with Crippen LogP contribution in [0.4, 0.5) is 10.1 Å². The van der Waals surface area contributed by atoms with E-state index in [0.717, 1.165) is 45.0 Å². The summed E-state index contributed by atoms with van der Waals surface area (Å²) >= 11 is 5.68. The standard InChI is InChI=1S/C22H25ClFN3O2/c23-19-14-18(6-7-20(19)24)26-22(29)21(28)25-15-17-9-12-27(13-10-17)11-8-16-4-2-1-3-5-16/h1-7,14,17H,8-13,15H2,(H,25,28)(H,26,29). The Labute approximate surface area is 175 Å². The molecule has 154 valence electrons. The van der Waals surface area contributed by atoms with E-state index in [0.29, 0.717) is 12.5 Å². The van der Waals surface area contributed by atoms with Crippen molar-refractivity contribution in [1.29, 1.82) is 0 Å². The average molecular weight is 418 g/mol. The molecule has 0 bridgehead atoms. The summed E-state index contributed by atoms with van der Waals surface area (Å²) in [5.41, 5.74) is 1.62. The number of hydrogen-bond acceptors (Lipinski definition) is 3. The van der Waals surface area contributed by atoms with E-state index >= 15 is 0 Å². The van der Waals surface area contributed by atoms with E-state index in [1.165, 1.54) is 17.7 Å². The molecule has 2 aromatic rings. The minimum atomic E-state index is -0.784. The molecule has 1 fully saturated rings. The van der Waals surface area contributed by atoms with E-state index in [1.807, 2.05) is 6.07 Å². The summed E-state index contributed by atoms with van der Waals surface area (Å²) < 4.78 is 13.2. The summed E-state index contributed by atoms with van der Waals surface area (Å²) in [4.78, 5) is 26.5. The first-order chi connectivity index (χ1) is 14.0. The Balaban J connectivity index is 1.35. The first-order valence-electron chi connectivity index (χ1n) is 9.82. The molecule has 0 aliphatic carbocycles. The summed E-state index contributed by atoms with van der Waals surface area (Å²) in [6.07, 6.45) is 3.02. The molecule has 1 aliphatic heterocycles. The first-order valence-corrected chi connectivity index (χ1v) is 10.2. The highest BCUT2D eigenvalue weighted by Gasteiger charge is 2.21. The van der Waals surface area contributed by atoms with Crippen molar-refractivity contribution >= 4 is 29.1 Å². The Bertz CT molecular complexity index is 839. The van der Waals surface area contributed by atoms with Crippen LogP contribution < -0.4 is 10.6 Å². The van der Waals surface area contributed by atoms with Crippen molar-refractivity contribution in [1.82, 2.24) is 10.2 Å². The second kappa shape index (κ2) is 10.4. The van der Waals surface area contributed by atoms with Gasteiger partial charge in [0.05, 0.1) is 5.02 Å². The second-order valence-corrected chi connectivity index (χ2v) is 7.72. The minimum Gasteiger partial charge on any atom is -0.348 e. The van der Waals surface area contributed by atoms with Crippen molar-refractivity contribution in [2.75, 3.05) is 31.5 Å². The van der Waals surface area contributed by atoms with Gasteiger partial charge in [-0.15, -0.1) is 0 Å². The largest absolute Gasteiger partial charge is 0.348 e. The van der Waals surface area contributed by atoms with Crippen LogP contribution in [0.1, 0.15) is 18.4 Å². The van der Waals surface area contributed by atoms with Gasteiger partial charge in [-0.3, -0.25) is 9.59 Å². The van der Waals surface area contributed by atoms with E-state index in [4.69, 9.17) is 11.6 Å². The van der Waals surface area contributed by atoms with Gasteiger partial charge >= 0.3 is 11.8 Å². The molecule has 0 aromatic heterocycles. The number of hydrogen-bond donors (Lipinski definition) is 2. The number of amides is 2. The van der Waals surface area contributed by atoms with E-state index < -0.39 is 17.6 Å². The quantitative estimate of drug-likeness (QED) is 0.707. The van der Waals surface area contributed by atoms with Crippen molar-refractivity contribution in [2.24, 2.45) is 5.92 Å². The molecule has 0 radical (unpaired) electrons. The Hall–Kier alpha value is -2.44. The molecule has 1 aliphatic rings. The van der Waals surface area contributed by atoms with Gasteiger partial charge in [0.25, 0.3) is 0 Å². The van der Waals surface area contributed by atoms with E-state index in [-0.39, 0.29) is 10.7 Å². The fourth-order valence-corrected chi connectivity index (χ4v) is 3.61. The molecule has 0 spiro atoms. The van der Waals surface area contributed by atoms with Crippen LogP contribution in [0.3, 0.4) is 0 Å². The number of carbonyl (C=O) groups excluding carboxylic acids is 2. The van der Waals surface area contributed by atoms with Crippen molar-refractivity contribution in [3.8, 4) is 0 Å². The maximum atomic E-state index is 13.2. The zero-order valence-electron chi connectivity index (χ0n) is 16.2. The molecule has 2 aromatic carbocycles. The van der Waals surface area contributed by atoms with Gasteiger partial charge in [0.2, 0.25) is 0 Å². The second-order valence-electron chi connectivity index (χ2n) is 7.31. The lowest BCUT2D eigenvalue weighted by atomic mass is 9.96. The Kier molecular flexibility index (Phi) is 7.61. The first kappa shape index (κ1) is 21.3. The van der Waals surface area contributed by atoms with Gasteiger partial charge in [0, 0.05) is 18.8 Å². The van der Waals surface area contributed by atoms with Gasteiger partial charge < -0.3 is 15.5 Å². The molecule has 7 heteroatoms. The Morgan fingerprint density at radius 1 is 1.07 bits per heavy atom. The SMILES string of the molecule is O=C(NCC1CCN(CCc2ccccc2)CC1)C(=O)Nc1ccc(F)c(Cl)c1. The number of rotatable bonds is 6. The van der Waals surface area contributed by atoms with Crippen LogP contribution in [0.25, 0.3) is 0 Å². The van der Waals surface area contributed by atoms with Gasteiger partial charge in [-0.1, -0.05) is 41.9 Å². The van der Waals surface area contributed by atoms with Crippen LogP contribution in [0.5, 0.6) is 0 Å². The molecule has 29 heavy (non-hydrogen) atoms. The third-order valence-electron chi connectivity index (χ3n) is 5.20. The smallest absolute Gasteiger partial charge is 0.313 e. The zero-order valence-corrected chi connectivity index (χ0v) is 16.9. The molecule has 0 saturated carbocycles. The van der Waals surface area contributed by atoms with Crippen molar-refractivity contribution in [3.63, 3.8) is 0 Å². The molecule has 0 atom stereocenters. The van der Waals surface area contributed by atoms with Gasteiger partial charge in [0.15, 0.2) is 0 Å². The number of piperidine rings is 1. The predicted molar refractivity (Wildman–Crippen MR) is 112 cm³/mol. The number of nitrogens with one attached hydrogen (secondary N) is 2. The number of anilines is 1. The van der Waals surface area contributed by atoms with Gasteiger partial charge in [-0.2, -0.15) is 0 Å². The van der Waals surface area contributed by atoms with Crippen LogP contribution in [-0.4, -0.2) is 42.9 Å². The molecule has 2 amide bonds. The third kappa shape index (κ3) is 6.54. The lowest BCUT2D eigenvalue weighted by Crippen LogP contribution is -2.42. The lowest BCUT2D eigenvalue weighted by Gasteiger charge is -2.32. The summed E-state index contributed by atoms with van der Waals surface area (Å²) in [6.45, 7) is 3.50. The van der Waals surface area contributed by atoms with E-state index in [1.54, 1.807) is 0 Å². The molecule has 0 unspecified atom stereocenters. The molecule has 2 N–H and O–H groups in total. The fraction of sp³-hybridized carbons (Fsp3) is 0.364. The van der Waals surface area contributed by atoms with Crippen LogP contribution in [0, 0.1) is 11.7 Å². The highest BCUT2D eigenvalue weighted by atomic mass is 35.5. The molecule has 3 rings (SSSR count). The summed E-state index contributed by atoms with van der Waals surface area (Å²) in [7, 11) is 0. The van der Waals surface area contributed by atoms with Crippen molar-refractivity contribution in [3.05, 3.63) is 64.9 Å². The van der Waals surface area contributed by atoms with E-state index in [9.17, 15) is 14.0 Å². The average Bonchev–Trinajstić information content (AvgIpc) is 2.74. The molecule has 1 heterocycles. The highest BCUT2D eigenvalue weighted by molar-refractivity contribution is 6.39. The van der Waals surface area contributed by atoms with Crippen LogP contribution in [-0.2, 0) is 16.0 Å². The van der Waals surface area contributed by atoms with E-state index in [2.05, 4.69) is 39.8 Å². The van der Waals surface area contributed by atoms with Crippen LogP contribution >= 0.6 is 11.6 Å². The molecule has 1 saturated heterocycles. The molecular formula is C22H25ClFN3O2. The summed E-state index contributed by atoms with van der Waals surface area (Å²) in [5, 5.41) is 5.01. The summed E-state index contributed by atoms with van der Waals surface area (Å²) in [6, 6.07) is 14.2. The third-order valence-corrected chi connectivity index (χ3v) is 5.49. The van der Waals surface area contributed by atoms with Gasteiger partial charge in [-0.05, 0) is 62.0 Å². The van der Waals surface area contributed by atoms with Crippen LogP contribution in [0.2, 0.25) is 5.02 Å². The normalized spacial score (nSPS) is 15.1. The lowest BCUT2D eigenvalue weighted by molar-refractivity contribution is -0.136. The number of halogens is 2. The van der Waals surface area contributed by atoms with Crippen molar-refractivity contribution < 1.29 is 14.0 Å². The number of carbonyl (C=O) groups is 2. The van der Waals surface area contributed by atoms with Gasteiger partial charge in [-0.25, -0.2) is 4.39 Å². The van der Waals surface area contributed by atoms with Gasteiger partial charge in [0.1, 0.15) is 5.82 Å². The topological polar surface area (TPSA) is 61.4 Å². The minimum absolute atomic E-state index is 0.109. The molecule has 5 nitrogen and oxygen atoms in total. The van der Waals surface area contributed by atoms with Crippen LogP contribution in [0.15, 0.2) is 48.5 Å². The Morgan fingerprint density at radius 3 is 2.48 bits per heavy atom. The molecular weight excluding hydrogens is 393 g/mol.